The molecule has 6 heteroatoms. The van der Waals surface area contributed by atoms with Crippen LogP contribution in [0.25, 0.3) is 0 Å². The van der Waals surface area contributed by atoms with Crippen molar-refractivity contribution in [3.8, 4) is 0 Å². The summed E-state index contributed by atoms with van der Waals surface area (Å²) in [7, 11) is 0. The predicted octanol–water partition coefficient (Wildman–Crippen LogP) is 2.01. The van der Waals surface area contributed by atoms with Crippen LogP contribution in [-0.4, -0.2) is 24.2 Å². The van der Waals surface area contributed by atoms with Gasteiger partial charge in [-0.1, -0.05) is 30.3 Å². The molecule has 1 aromatic carbocycles. The maximum atomic E-state index is 12.1. The number of rotatable bonds is 5. The Balaban J connectivity index is 2.45. The first-order chi connectivity index (χ1) is 8.78. The standard InChI is InChI=1S/C13H17F3N2O/c1-9(8-13(14,15)16)18-12(19)11(17)7-10-5-3-2-4-6-10/h2-6,9,11H,7-8,17H2,1H3,(H,18,19). The largest absolute Gasteiger partial charge is 0.391 e. The number of alkyl halides is 3. The Labute approximate surface area is 110 Å². The lowest BCUT2D eigenvalue weighted by molar-refractivity contribution is -0.141. The van der Waals surface area contributed by atoms with Crippen molar-refractivity contribution in [3.63, 3.8) is 0 Å². The summed E-state index contributed by atoms with van der Waals surface area (Å²) in [5.41, 5.74) is 6.54. The molecule has 0 fully saturated rings. The quantitative estimate of drug-likeness (QED) is 0.863. The van der Waals surface area contributed by atoms with E-state index in [2.05, 4.69) is 5.32 Å². The maximum absolute atomic E-state index is 12.1. The second-order valence-electron chi connectivity index (χ2n) is 4.53. The fourth-order valence-corrected chi connectivity index (χ4v) is 1.71. The summed E-state index contributed by atoms with van der Waals surface area (Å²) in [6.45, 7) is 1.31. The van der Waals surface area contributed by atoms with Gasteiger partial charge in [-0.3, -0.25) is 4.79 Å². The van der Waals surface area contributed by atoms with E-state index in [0.717, 1.165) is 5.56 Å². The molecule has 0 aliphatic carbocycles. The minimum absolute atomic E-state index is 0.297. The van der Waals surface area contributed by atoms with E-state index < -0.39 is 30.6 Å². The topological polar surface area (TPSA) is 55.1 Å². The molecule has 2 unspecified atom stereocenters. The number of hydrogen-bond donors (Lipinski definition) is 2. The van der Waals surface area contributed by atoms with Crippen molar-refractivity contribution in [2.75, 3.05) is 0 Å². The maximum Gasteiger partial charge on any atom is 0.391 e. The minimum Gasteiger partial charge on any atom is -0.352 e. The molecule has 19 heavy (non-hydrogen) atoms. The van der Waals surface area contributed by atoms with Gasteiger partial charge in [0.1, 0.15) is 0 Å². The third kappa shape index (κ3) is 6.24. The summed E-state index contributed by atoms with van der Waals surface area (Å²) in [6, 6.07) is 7.25. The normalized spacial score (nSPS) is 14.8. The van der Waals surface area contributed by atoms with Crippen molar-refractivity contribution < 1.29 is 18.0 Å². The molecule has 0 saturated carbocycles. The monoisotopic (exact) mass is 274 g/mol. The van der Waals surface area contributed by atoms with Gasteiger partial charge in [0, 0.05) is 6.04 Å². The second-order valence-corrected chi connectivity index (χ2v) is 4.53. The van der Waals surface area contributed by atoms with Crippen LogP contribution in [0.3, 0.4) is 0 Å². The van der Waals surface area contributed by atoms with Crippen molar-refractivity contribution in [1.29, 1.82) is 0 Å². The molecule has 0 saturated heterocycles. The third-order valence-corrected chi connectivity index (χ3v) is 2.56. The summed E-state index contributed by atoms with van der Waals surface area (Å²) >= 11 is 0. The number of carbonyl (C=O) groups excluding carboxylic acids is 1. The fourth-order valence-electron chi connectivity index (χ4n) is 1.71. The molecule has 0 aliphatic rings. The van der Waals surface area contributed by atoms with Gasteiger partial charge in [0.15, 0.2) is 0 Å². The molecule has 1 rings (SSSR count). The first-order valence-electron chi connectivity index (χ1n) is 5.94. The van der Waals surface area contributed by atoms with Gasteiger partial charge in [0.2, 0.25) is 5.91 Å². The lowest BCUT2D eigenvalue weighted by Crippen LogP contribution is -2.46. The zero-order valence-electron chi connectivity index (χ0n) is 10.6. The Morgan fingerprint density at radius 1 is 1.32 bits per heavy atom. The molecule has 106 valence electrons. The second kappa shape index (κ2) is 6.56. The van der Waals surface area contributed by atoms with Gasteiger partial charge in [-0.15, -0.1) is 0 Å². The van der Waals surface area contributed by atoms with Crippen LogP contribution < -0.4 is 11.1 Å². The molecule has 3 nitrogen and oxygen atoms in total. The summed E-state index contributed by atoms with van der Waals surface area (Å²) < 4.78 is 36.4. The zero-order chi connectivity index (χ0) is 14.5. The van der Waals surface area contributed by atoms with Crippen LogP contribution in [0.2, 0.25) is 0 Å². The van der Waals surface area contributed by atoms with Crippen LogP contribution >= 0.6 is 0 Å². The molecule has 1 aromatic rings. The van der Waals surface area contributed by atoms with Gasteiger partial charge in [-0.2, -0.15) is 13.2 Å². The summed E-state index contributed by atoms with van der Waals surface area (Å²) in [6.07, 6.45) is -5.06. The Hall–Kier alpha value is -1.56. The van der Waals surface area contributed by atoms with Gasteiger partial charge in [0.25, 0.3) is 0 Å². The Kier molecular flexibility index (Phi) is 5.35. The zero-order valence-corrected chi connectivity index (χ0v) is 10.6. The number of benzene rings is 1. The molecule has 0 aliphatic heterocycles. The lowest BCUT2D eigenvalue weighted by atomic mass is 10.1. The smallest absolute Gasteiger partial charge is 0.352 e. The van der Waals surface area contributed by atoms with Crippen molar-refractivity contribution in [1.82, 2.24) is 5.32 Å². The SMILES string of the molecule is CC(CC(F)(F)F)NC(=O)C(N)Cc1ccccc1. The van der Waals surface area contributed by atoms with Gasteiger partial charge < -0.3 is 11.1 Å². The number of hydrogen-bond acceptors (Lipinski definition) is 2. The van der Waals surface area contributed by atoms with E-state index >= 15 is 0 Å². The van der Waals surface area contributed by atoms with E-state index in [4.69, 9.17) is 5.73 Å². The van der Waals surface area contributed by atoms with E-state index in [0.29, 0.717) is 6.42 Å². The first-order valence-corrected chi connectivity index (χ1v) is 5.94. The number of halogens is 3. The Morgan fingerprint density at radius 2 is 1.89 bits per heavy atom. The fraction of sp³-hybridized carbons (Fsp3) is 0.462. The van der Waals surface area contributed by atoms with Crippen LogP contribution in [0.1, 0.15) is 18.9 Å². The lowest BCUT2D eigenvalue weighted by Gasteiger charge is -2.18. The van der Waals surface area contributed by atoms with Crippen LogP contribution in [0.5, 0.6) is 0 Å². The molecule has 0 aromatic heterocycles. The van der Waals surface area contributed by atoms with Crippen molar-refractivity contribution in [2.24, 2.45) is 5.73 Å². The van der Waals surface area contributed by atoms with E-state index in [9.17, 15) is 18.0 Å². The summed E-state index contributed by atoms with van der Waals surface area (Å²) in [5, 5.41) is 2.27. The summed E-state index contributed by atoms with van der Waals surface area (Å²) in [5.74, 6) is -0.569. The average Bonchev–Trinajstić information content (AvgIpc) is 2.27. The Bertz CT molecular complexity index is 406. The Morgan fingerprint density at radius 3 is 2.42 bits per heavy atom. The van der Waals surface area contributed by atoms with Crippen LogP contribution in [0.4, 0.5) is 13.2 Å². The van der Waals surface area contributed by atoms with Crippen LogP contribution in [0.15, 0.2) is 30.3 Å². The predicted molar refractivity (Wildman–Crippen MR) is 66.4 cm³/mol. The van der Waals surface area contributed by atoms with Crippen molar-refractivity contribution in [2.45, 2.75) is 38.0 Å². The van der Waals surface area contributed by atoms with Gasteiger partial charge in [-0.25, -0.2) is 0 Å². The van der Waals surface area contributed by atoms with Crippen molar-refractivity contribution in [3.05, 3.63) is 35.9 Å². The highest BCUT2D eigenvalue weighted by Gasteiger charge is 2.31. The van der Waals surface area contributed by atoms with Gasteiger partial charge in [-0.05, 0) is 18.9 Å². The van der Waals surface area contributed by atoms with Gasteiger partial charge in [0.05, 0.1) is 12.5 Å². The molecular formula is C13H17F3N2O. The first kappa shape index (κ1) is 15.5. The molecule has 3 N–H and O–H groups in total. The molecule has 1 amide bonds. The molecule has 0 bridgehead atoms. The minimum atomic E-state index is -4.30. The number of amides is 1. The van der Waals surface area contributed by atoms with E-state index in [-0.39, 0.29) is 0 Å². The molecular weight excluding hydrogens is 257 g/mol. The third-order valence-electron chi connectivity index (χ3n) is 2.56. The van der Waals surface area contributed by atoms with E-state index in [1.54, 1.807) is 0 Å². The highest BCUT2D eigenvalue weighted by molar-refractivity contribution is 5.82. The highest BCUT2D eigenvalue weighted by Crippen LogP contribution is 2.21. The van der Waals surface area contributed by atoms with Crippen molar-refractivity contribution >= 4 is 5.91 Å². The average molecular weight is 274 g/mol. The van der Waals surface area contributed by atoms with Crippen LogP contribution in [-0.2, 0) is 11.2 Å². The molecule has 0 radical (unpaired) electrons. The van der Waals surface area contributed by atoms with Crippen LogP contribution in [0, 0.1) is 0 Å². The van der Waals surface area contributed by atoms with E-state index in [1.165, 1.54) is 6.92 Å². The highest BCUT2D eigenvalue weighted by atomic mass is 19.4. The van der Waals surface area contributed by atoms with E-state index in [1.807, 2.05) is 30.3 Å². The molecule has 0 spiro atoms. The summed E-state index contributed by atoms with van der Waals surface area (Å²) in [4.78, 5) is 11.6. The number of carbonyl (C=O) groups is 1. The molecule has 2 atom stereocenters. The number of nitrogens with one attached hydrogen (secondary N) is 1. The number of nitrogens with two attached hydrogens (primary N) is 1. The molecule has 0 heterocycles. The van der Waals surface area contributed by atoms with Gasteiger partial charge >= 0.3 is 6.18 Å².